The van der Waals surface area contributed by atoms with Gasteiger partial charge in [0.15, 0.2) is 0 Å². The number of methoxy groups -OCH3 is 1. The lowest BCUT2D eigenvalue weighted by Gasteiger charge is -2.45. The van der Waals surface area contributed by atoms with E-state index in [1.807, 2.05) is 17.2 Å². The third-order valence-electron chi connectivity index (χ3n) is 4.83. The van der Waals surface area contributed by atoms with Crippen LogP contribution in [0, 0.1) is 11.8 Å². The highest BCUT2D eigenvalue weighted by molar-refractivity contribution is 5.70. The van der Waals surface area contributed by atoms with Gasteiger partial charge in [-0.3, -0.25) is 4.79 Å². The maximum atomic E-state index is 11.4. The molecule has 0 amide bonds. The zero-order valence-electron chi connectivity index (χ0n) is 12.4. The van der Waals surface area contributed by atoms with E-state index in [2.05, 4.69) is 6.07 Å². The number of aliphatic carboxylic acids is 1. The molecule has 21 heavy (non-hydrogen) atoms. The first-order chi connectivity index (χ1) is 10.1. The zero-order chi connectivity index (χ0) is 15.0. The van der Waals surface area contributed by atoms with Crippen LogP contribution in [0.5, 0.6) is 5.75 Å². The number of piperidine rings is 1. The lowest BCUT2D eigenvalue weighted by molar-refractivity contribution is -0.206. The Hall–Kier alpha value is -1.59. The van der Waals surface area contributed by atoms with Gasteiger partial charge in [-0.25, -0.2) is 0 Å². The van der Waals surface area contributed by atoms with Crippen LogP contribution < -0.4 is 4.74 Å². The maximum Gasteiger partial charge on any atom is 0.307 e. The van der Waals surface area contributed by atoms with E-state index in [9.17, 15) is 9.90 Å². The number of hydroxylamine groups is 2. The molecule has 5 nitrogen and oxygen atoms in total. The predicted molar refractivity (Wildman–Crippen MR) is 77.1 cm³/mol. The topological polar surface area (TPSA) is 59.0 Å². The molecule has 1 aromatic carbocycles. The predicted octanol–water partition coefficient (Wildman–Crippen LogP) is 1.75. The number of hydrogen-bond acceptors (Lipinski definition) is 4. The van der Waals surface area contributed by atoms with Gasteiger partial charge in [0.1, 0.15) is 5.75 Å². The van der Waals surface area contributed by atoms with Crippen LogP contribution in [0.25, 0.3) is 0 Å². The highest BCUT2D eigenvalue weighted by Crippen LogP contribution is 2.40. The van der Waals surface area contributed by atoms with Crippen molar-refractivity contribution >= 4 is 5.97 Å². The molecule has 1 fully saturated rings. The molecular weight excluding hydrogens is 270 g/mol. The van der Waals surface area contributed by atoms with E-state index in [4.69, 9.17) is 9.57 Å². The number of benzene rings is 1. The van der Waals surface area contributed by atoms with E-state index in [-0.39, 0.29) is 12.0 Å². The number of rotatable bonds is 3. The Morgan fingerprint density at radius 3 is 2.81 bits per heavy atom. The molecule has 3 rings (SSSR count). The van der Waals surface area contributed by atoms with Crippen LogP contribution in [0.3, 0.4) is 0 Å². The Labute approximate surface area is 124 Å². The van der Waals surface area contributed by atoms with Crippen LogP contribution in [0.2, 0.25) is 0 Å². The van der Waals surface area contributed by atoms with Gasteiger partial charge in [-0.15, -0.1) is 0 Å². The summed E-state index contributed by atoms with van der Waals surface area (Å²) in [5, 5.41) is 11.2. The number of carboxylic acid groups (broad SMARTS) is 1. The number of nitrogens with zero attached hydrogens (tertiary/aromatic N) is 1. The Bertz CT molecular complexity index is 545. The molecule has 5 heteroatoms. The fraction of sp³-hybridized carbons (Fsp3) is 0.562. The SMILES string of the molecule is COc1cccc2c1CC1CC(C(=O)O)CN(OC)C1C2. The summed E-state index contributed by atoms with van der Waals surface area (Å²) in [5.74, 6) is 0.111. The minimum absolute atomic E-state index is 0.255. The van der Waals surface area contributed by atoms with Crippen molar-refractivity contribution in [3.8, 4) is 5.75 Å². The minimum Gasteiger partial charge on any atom is -0.496 e. The van der Waals surface area contributed by atoms with Crippen molar-refractivity contribution in [1.29, 1.82) is 0 Å². The summed E-state index contributed by atoms with van der Waals surface area (Å²) in [7, 11) is 3.31. The number of carbonyl (C=O) groups is 1. The third-order valence-corrected chi connectivity index (χ3v) is 4.83. The molecule has 1 aliphatic heterocycles. The van der Waals surface area contributed by atoms with Crippen LogP contribution in [-0.2, 0) is 22.5 Å². The Balaban J connectivity index is 1.92. The number of carboxylic acids is 1. The summed E-state index contributed by atoms with van der Waals surface area (Å²) in [5.41, 5.74) is 2.51. The van der Waals surface area contributed by atoms with Crippen LogP contribution in [0.1, 0.15) is 17.5 Å². The van der Waals surface area contributed by atoms with Crippen molar-refractivity contribution < 1.29 is 19.5 Å². The maximum absolute atomic E-state index is 11.4. The van der Waals surface area contributed by atoms with Crippen LogP contribution >= 0.6 is 0 Å². The van der Waals surface area contributed by atoms with Gasteiger partial charge in [0.2, 0.25) is 0 Å². The van der Waals surface area contributed by atoms with Crippen LogP contribution in [0.4, 0.5) is 0 Å². The molecule has 3 atom stereocenters. The van der Waals surface area contributed by atoms with E-state index in [0.717, 1.165) is 18.6 Å². The average molecular weight is 291 g/mol. The second-order valence-corrected chi connectivity index (χ2v) is 5.89. The van der Waals surface area contributed by atoms with Crippen molar-refractivity contribution in [3.05, 3.63) is 29.3 Å². The van der Waals surface area contributed by atoms with Crippen LogP contribution in [-0.4, -0.2) is 42.9 Å². The molecule has 1 saturated heterocycles. The standard InChI is InChI=1S/C16H21NO4/c1-20-15-5-3-4-10-8-14-11(7-13(10)15)6-12(16(18)19)9-17(14)21-2/h3-5,11-12,14H,6-9H2,1-2H3,(H,18,19). The van der Waals surface area contributed by atoms with Crippen molar-refractivity contribution in [2.75, 3.05) is 20.8 Å². The van der Waals surface area contributed by atoms with Crippen molar-refractivity contribution in [1.82, 2.24) is 5.06 Å². The van der Waals surface area contributed by atoms with E-state index in [1.165, 1.54) is 11.1 Å². The fourth-order valence-corrected chi connectivity index (χ4v) is 3.77. The summed E-state index contributed by atoms with van der Waals surface area (Å²) in [6, 6.07) is 6.37. The van der Waals surface area contributed by atoms with Gasteiger partial charge < -0.3 is 14.7 Å². The smallest absolute Gasteiger partial charge is 0.307 e. The molecule has 0 saturated carbocycles. The molecule has 2 aliphatic rings. The lowest BCUT2D eigenvalue weighted by atomic mass is 9.73. The summed E-state index contributed by atoms with van der Waals surface area (Å²) in [6.45, 7) is 0.465. The molecule has 0 spiro atoms. The molecule has 0 bridgehead atoms. The monoisotopic (exact) mass is 291 g/mol. The fourth-order valence-electron chi connectivity index (χ4n) is 3.77. The third kappa shape index (κ3) is 2.51. The first-order valence-electron chi connectivity index (χ1n) is 7.32. The van der Waals surface area contributed by atoms with Gasteiger partial charge in [0, 0.05) is 12.6 Å². The zero-order valence-corrected chi connectivity index (χ0v) is 12.4. The van der Waals surface area contributed by atoms with Gasteiger partial charge in [0.25, 0.3) is 0 Å². The normalized spacial score (nSPS) is 28.6. The van der Waals surface area contributed by atoms with Gasteiger partial charge in [-0.1, -0.05) is 12.1 Å². The van der Waals surface area contributed by atoms with E-state index in [1.54, 1.807) is 14.2 Å². The average Bonchev–Trinajstić information content (AvgIpc) is 2.51. The van der Waals surface area contributed by atoms with Gasteiger partial charge >= 0.3 is 5.97 Å². The second-order valence-electron chi connectivity index (χ2n) is 5.89. The molecule has 0 aromatic heterocycles. The first kappa shape index (κ1) is 14.4. The molecule has 3 unspecified atom stereocenters. The lowest BCUT2D eigenvalue weighted by Crippen LogP contribution is -2.53. The van der Waals surface area contributed by atoms with Crippen LogP contribution in [0.15, 0.2) is 18.2 Å². The van der Waals surface area contributed by atoms with Gasteiger partial charge in [-0.2, -0.15) is 5.06 Å². The van der Waals surface area contributed by atoms with E-state index >= 15 is 0 Å². The van der Waals surface area contributed by atoms with E-state index < -0.39 is 5.97 Å². The Morgan fingerprint density at radius 1 is 1.33 bits per heavy atom. The molecular formula is C16H21NO4. The number of fused-ring (bicyclic) bond motifs is 2. The Morgan fingerprint density at radius 2 is 2.14 bits per heavy atom. The van der Waals surface area contributed by atoms with Crippen molar-refractivity contribution in [2.45, 2.75) is 25.3 Å². The van der Waals surface area contributed by atoms with Crippen molar-refractivity contribution in [3.63, 3.8) is 0 Å². The Kier molecular flexibility index (Phi) is 3.87. The molecule has 1 heterocycles. The number of hydrogen-bond donors (Lipinski definition) is 1. The molecule has 1 N–H and O–H groups in total. The quantitative estimate of drug-likeness (QED) is 0.919. The highest BCUT2D eigenvalue weighted by Gasteiger charge is 2.42. The summed E-state index contributed by atoms with van der Waals surface area (Å²) in [6.07, 6.45) is 2.45. The molecule has 0 radical (unpaired) electrons. The largest absolute Gasteiger partial charge is 0.496 e. The molecule has 1 aliphatic carbocycles. The molecule has 114 valence electrons. The summed E-state index contributed by atoms with van der Waals surface area (Å²) >= 11 is 0. The second kappa shape index (κ2) is 5.66. The number of ether oxygens (including phenoxy) is 1. The highest BCUT2D eigenvalue weighted by atomic mass is 16.7. The summed E-state index contributed by atoms with van der Waals surface area (Å²) in [4.78, 5) is 16.8. The molecule has 1 aromatic rings. The minimum atomic E-state index is -0.735. The van der Waals surface area contributed by atoms with E-state index in [0.29, 0.717) is 18.9 Å². The van der Waals surface area contributed by atoms with Gasteiger partial charge in [-0.05, 0) is 42.4 Å². The van der Waals surface area contributed by atoms with Crippen molar-refractivity contribution in [2.24, 2.45) is 11.8 Å². The first-order valence-corrected chi connectivity index (χ1v) is 7.32. The summed E-state index contributed by atoms with van der Waals surface area (Å²) < 4.78 is 5.46. The van der Waals surface area contributed by atoms with Gasteiger partial charge in [0.05, 0.1) is 20.1 Å².